The molecule has 0 bridgehead atoms. The Labute approximate surface area is 192 Å². The number of aliphatic carboxylic acids is 1. The van der Waals surface area contributed by atoms with E-state index in [1.54, 1.807) is 31.4 Å². The Balaban J connectivity index is 1.46. The maximum absolute atomic E-state index is 12.9. The highest BCUT2D eigenvalue weighted by Gasteiger charge is 2.25. The first-order valence-electron chi connectivity index (χ1n) is 10.6. The lowest BCUT2D eigenvalue weighted by Gasteiger charge is -2.21. The molecule has 0 radical (unpaired) electrons. The van der Waals surface area contributed by atoms with Gasteiger partial charge in [-0.25, -0.2) is 4.79 Å². The van der Waals surface area contributed by atoms with Crippen molar-refractivity contribution in [1.29, 1.82) is 0 Å². The second-order valence-corrected chi connectivity index (χ2v) is 7.69. The van der Waals surface area contributed by atoms with E-state index in [0.717, 1.165) is 16.9 Å². The molecule has 0 saturated heterocycles. The summed E-state index contributed by atoms with van der Waals surface area (Å²) in [6, 6.07) is 21.9. The van der Waals surface area contributed by atoms with Crippen LogP contribution >= 0.6 is 0 Å². The summed E-state index contributed by atoms with van der Waals surface area (Å²) in [6.07, 6.45) is 1.69. The lowest BCUT2D eigenvalue weighted by molar-refractivity contribution is -0.145. The number of hydrogen-bond acceptors (Lipinski definition) is 5. The standard InChI is InChI=1S/C27H24O6/c1-31-21-10-7-19(8-11-21)15-20-17-32-25-16-22(12-13-23(25)26(20)28)33-24(27(29)30)14-9-18-5-3-2-4-6-18/h2-8,10-13,15-16,24H,9,14,17H2,1H3,(H,29,30)/b20-15+. The molecule has 6 heteroatoms. The first-order chi connectivity index (χ1) is 16.0. The molecule has 0 aromatic heterocycles. The van der Waals surface area contributed by atoms with Crippen molar-refractivity contribution in [2.45, 2.75) is 18.9 Å². The summed E-state index contributed by atoms with van der Waals surface area (Å²) in [5.74, 6) is 0.314. The van der Waals surface area contributed by atoms with Crippen LogP contribution in [-0.2, 0) is 11.2 Å². The molecule has 0 saturated carbocycles. The van der Waals surface area contributed by atoms with Crippen molar-refractivity contribution in [2.75, 3.05) is 13.7 Å². The molecule has 0 fully saturated rings. The lowest BCUT2D eigenvalue weighted by atomic mass is 9.98. The van der Waals surface area contributed by atoms with E-state index >= 15 is 0 Å². The van der Waals surface area contributed by atoms with Crippen LogP contribution in [0.4, 0.5) is 0 Å². The number of hydrogen-bond donors (Lipinski definition) is 1. The fourth-order valence-corrected chi connectivity index (χ4v) is 3.63. The molecule has 1 aliphatic heterocycles. The number of rotatable bonds is 8. The highest BCUT2D eigenvalue weighted by molar-refractivity contribution is 6.14. The molecule has 0 spiro atoms. The number of benzene rings is 3. The van der Waals surface area contributed by atoms with Crippen LogP contribution < -0.4 is 14.2 Å². The molecule has 1 N–H and O–H groups in total. The number of carbonyl (C=O) groups excluding carboxylic acids is 1. The summed E-state index contributed by atoms with van der Waals surface area (Å²) in [4.78, 5) is 24.6. The van der Waals surface area contributed by atoms with Crippen LogP contribution in [0.5, 0.6) is 17.2 Å². The van der Waals surface area contributed by atoms with E-state index in [2.05, 4.69) is 0 Å². The van der Waals surface area contributed by atoms with Crippen LogP contribution in [0.25, 0.3) is 6.08 Å². The molecule has 3 aromatic carbocycles. The molecule has 0 amide bonds. The van der Waals surface area contributed by atoms with Gasteiger partial charge in [-0.3, -0.25) is 4.79 Å². The predicted octanol–water partition coefficient (Wildman–Crippen LogP) is 4.82. The maximum Gasteiger partial charge on any atom is 0.344 e. The number of fused-ring (bicyclic) bond motifs is 1. The quantitative estimate of drug-likeness (QED) is 0.502. The largest absolute Gasteiger partial charge is 0.497 e. The van der Waals surface area contributed by atoms with E-state index < -0.39 is 12.1 Å². The van der Waals surface area contributed by atoms with E-state index in [1.165, 1.54) is 0 Å². The Bertz CT molecular complexity index is 1160. The number of aryl methyl sites for hydroxylation is 1. The van der Waals surface area contributed by atoms with Crippen molar-refractivity contribution in [1.82, 2.24) is 0 Å². The number of Topliss-reactive ketones (excluding diaryl/α,β-unsaturated/α-hetero) is 1. The molecule has 3 aromatic rings. The number of carbonyl (C=O) groups is 2. The fourth-order valence-electron chi connectivity index (χ4n) is 3.63. The summed E-state index contributed by atoms with van der Waals surface area (Å²) in [5.41, 5.74) is 2.87. The van der Waals surface area contributed by atoms with Gasteiger partial charge in [0.05, 0.1) is 12.7 Å². The SMILES string of the molecule is COc1ccc(/C=C2\COc3cc(OC(CCc4ccccc4)C(=O)O)ccc3C2=O)cc1. The first kappa shape index (κ1) is 22.1. The van der Waals surface area contributed by atoms with Gasteiger partial charge in [0.1, 0.15) is 23.9 Å². The van der Waals surface area contributed by atoms with E-state index in [4.69, 9.17) is 14.2 Å². The molecule has 1 heterocycles. The third-order valence-corrected chi connectivity index (χ3v) is 5.42. The van der Waals surface area contributed by atoms with E-state index in [9.17, 15) is 14.7 Å². The van der Waals surface area contributed by atoms with E-state index in [-0.39, 0.29) is 12.4 Å². The van der Waals surface area contributed by atoms with Gasteiger partial charge < -0.3 is 19.3 Å². The molecule has 1 unspecified atom stereocenters. The number of carboxylic acid groups (broad SMARTS) is 1. The number of methoxy groups -OCH3 is 1. The van der Waals surface area contributed by atoms with Crippen molar-refractivity contribution in [3.8, 4) is 17.2 Å². The van der Waals surface area contributed by atoms with Gasteiger partial charge >= 0.3 is 5.97 Å². The van der Waals surface area contributed by atoms with Crippen LogP contribution in [0.3, 0.4) is 0 Å². The Morgan fingerprint density at radius 3 is 2.48 bits per heavy atom. The summed E-state index contributed by atoms with van der Waals surface area (Å²) in [6.45, 7) is 0.123. The van der Waals surface area contributed by atoms with Gasteiger partial charge in [-0.2, -0.15) is 0 Å². The van der Waals surface area contributed by atoms with Crippen LogP contribution in [-0.4, -0.2) is 36.7 Å². The molecule has 33 heavy (non-hydrogen) atoms. The fraction of sp³-hybridized carbons (Fsp3) is 0.185. The summed E-state index contributed by atoms with van der Waals surface area (Å²) < 4.78 is 16.7. The normalized spacial score (nSPS) is 14.8. The summed E-state index contributed by atoms with van der Waals surface area (Å²) >= 11 is 0. The zero-order valence-corrected chi connectivity index (χ0v) is 18.2. The monoisotopic (exact) mass is 444 g/mol. The van der Waals surface area contributed by atoms with Crippen LogP contribution in [0, 0.1) is 0 Å². The first-order valence-corrected chi connectivity index (χ1v) is 10.6. The number of ether oxygens (including phenoxy) is 3. The highest BCUT2D eigenvalue weighted by Crippen LogP contribution is 2.32. The second-order valence-electron chi connectivity index (χ2n) is 7.69. The molecule has 168 valence electrons. The van der Waals surface area contributed by atoms with E-state index in [0.29, 0.717) is 35.5 Å². The smallest absolute Gasteiger partial charge is 0.344 e. The van der Waals surface area contributed by atoms with Gasteiger partial charge in [-0.05, 0) is 54.3 Å². The van der Waals surface area contributed by atoms with Gasteiger partial charge in [0.15, 0.2) is 11.9 Å². The zero-order valence-electron chi connectivity index (χ0n) is 18.2. The van der Waals surface area contributed by atoms with Gasteiger partial charge in [0, 0.05) is 11.6 Å². The molecule has 1 atom stereocenters. The van der Waals surface area contributed by atoms with Crippen LogP contribution in [0.15, 0.2) is 78.4 Å². The van der Waals surface area contributed by atoms with Crippen LogP contribution in [0.2, 0.25) is 0 Å². The zero-order chi connectivity index (χ0) is 23.2. The Morgan fingerprint density at radius 2 is 1.79 bits per heavy atom. The Hall–Kier alpha value is -4.06. The van der Waals surface area contributed by atoms with Gasteiger partial charge in [0.2, 0.25) is 0 Å². The van der Waals surface area contributed by atoms with Crippen LogP contribution in [0.1, 0.15) is 27.9 Å². The molecule has 6 nitrogen and oxygen atoms in total. The van der Waals surface area contributed by atoms with Crippen molar-refractivity contribution in [3.05, 3.63) is 95.1 Å². The van der Waals surface area contributed by atoms with Crippen molar-refractivity contribution >= 4 is 17.8 Å². The van der Waals surface area contributed by atoms with Gasteiger partial charge in [0.25, 0.3) is 0 Å². The Kier molecular flexibility index (Phi) is 6.74. The average Bonchev–Trinajstić information content (AvgIpc) is 2.84. The topological polar surface area (TPSA) is 82.1 Å². The molecular weight excluding hydrogens is 420 g/mol. The molecule has 4 rings (SSSR count). The molecule has 0 aliphatic carbocycles. The minimum Gasteiger partial charge on any atom is -0.497 e. The van der Waals surface area contributed by atoms with Gasteiger partial charge in [-0.1, -0.05) is 42.5 Å². The maximum atomic E-state index is 12.9. The number of carboxylic acids is 1. The summed E-state index contributed by atoms with van der Waals surface area (Å²) in [5, 5.41) is 9.58. The minimum absolute atomic E-state index is 0.123. The Morgan fingerprint density at radius 1 is 1.06 bits per heavy atom. The van der Waals surface area contributed by atoms with Crippen molar-refractivity contribution < 1.29 is 28.9 Å². The molecular formula is C27H24O6. The lowest BCUT2D eigenvalue weighted by Crippen LogP contribution is -2.28. The second kappa shape index (κ2) is 10.0. The molecule has 1 aliphatic rings. The van der Waals surface area contributed by atoms with Crippen molar-refractivity contribution in [3.63, 3.8) is 0 Å². The predicted molar refractivity (Wildman–Crippen MR) is 124 cm³/mol. The highest BCUT2D eigenvalue weighted by atomic mass is 16.5. The third kappa shape index (κ3) is 5.41. The van der Waals surface area contributed by atoms with E-state index in [1.807, 2.05) is 54.6 Å². The van der Waals surface area contributed by atoms with Gasteiger partial charge in [-0.15, -0.1) is 0 Å². The third-order valence-electron chi connectivity index (χ3n) is 5.42. The minimum atomic E-state index is -1.04. The van der Waals surface area contributed by atoms with Crippen molar-refractivity contribution in [2.24, 2.45) is 0 Å². The average molecular weight is 444 g/mol. The summed E-state index contributed by atoms with van der Waals surface area (Å²) in [7, 11) is 1.60. The number of ketones is 1.